The van der Waals surface area contributed by atoms with Crippen molar-refractivity contribution in [2.24, 2.45) is 5.73 Å². The number of H-pyrrole nitrogens is 1. The Morgan fingerprint density at radius 2 is 2.45 bits per heavy atom. The first kappa shape index (κ1) is 7.46. The summed E-state index contributed by atoms with van der Waals surface area (Å²) in [4.78, 5) is 16.1. The van der Waals surface area contributed by atoms with Crippen LogP contribution in [-0.4, -0.2) is 9.97 Å². The van der Waals surface area contributed by atoms with Crippen LogP contribution < -0.4 is 11.3 Å². The highest BCUT2D eigenvalue weighted by molar-refractivity contribution is 5.54. The highest BCUT2D eigenvalue weighted by atomic mass is 19.1. The van der Waals surface area contributed by atoms with Crippen LogP contribution in [0.4, 0.5) is 4.39 Å². The zero-order valence-electron chi connectivity index (χ0n) is 5.60. The summed E-state index contributed by atoms with van der Waals surface area (Å²) in [6, 6.07) is 0. The van der Waals surface area contributed by atoms with Crippen LogP contribution in [0.5, 0.6) is 0 Å². The van der Waals surface area contributed by atoms with Gasteiger partial charge in [-0.1, -0.05) is 6.58 Å². The molecule has 4 nitrogen and oxygen atoms in total. The predicted octanol–water partition coefficient (Wildman–Crippen LogP) is -0.162. The molecular formula is C6H6FN3O. The molecule has 11 heavy (non-hydrogen) atoms. The van der Waals surface area contributed by atoms with Gasteiger partial charge in [0.05, 0.1) is 11.9 Å². The van der Waals surface area contributed by atoms with E-state index in [4.69, 9.17) is 5.73 Å². The molecule has 0 aliphatic rings. The van der Waals surface area contributed by atoms with Crippen LogP contribution in [0.3, 0.4) is 0 Å². The van der Waals surface area contributed by atoms with Gasteiger partial charge in [0.2, 0.25) is 5.95 Å². The SMILES string of the molecule is C=C(N)c1nc(F)c[nH]c1=O. The zero-order chi connectivity index (χ0) is 8.43. The third-order valence-corrected chi connectivity index (χ3v) is 1.06. The maximum atomic E-state index is 12.3. The third kappa shape index (κ3) is 1.43. The lowest BCUT2D eigenvalue weighted by Crippen LogP contribution is -2.17. The number of hydrogen-bond donors (Lipinski definition) is 2. The Bertz CT molecular complexity index is 344. The first-order chi connectivity index (χ1) is 5.11. The van der Waals surface area contributed by atoms with E-state index in [0.29, 0.717) is 0 Å². The van der Waals surface area contributed by atoms with Crippen molar-refractivity contribution in [2.75, 3.05) is 0 Å². The number of aromatic nitrogens is 2. The van der Waals surface area contributed by atoms with E-state index in [1.165, 1.54) is 0 Å². The molecule has 1 heterocycles. The summed E-state index contributed by atoms with van der Waals surface area (Å²) in [6.45, 7) is 3.26. The minimum atomic E-state index is -0.786. The summed E-state index contributed by atoms with van der Waals surface area (Å²) in [5.41, 5.74) is 4.37. The summed E-state index contributed by atoms with van der Waals surface area (Å²) in [5.74, 6) is -0.786. The molecule has 0 saturated heterocycles. The Labute approximate surface area is 61.6 Å². The van der Waals surface area contributed by atoms with Crippen LogP contribution in [0.25, 0.3) is 5.70 Å². The molecule has 0 spiro atoms. The number of nitrogens with one attached hydrogen (secondary N) is 1. The minimum Gasteiger partial charge on any atom is -0.397 e. The van der Waals surface area contributed by atoms with Gasteiger partial charge in [-0.2, -0.15) is 4.39 Å². The van der Waals surface area contributed by atoms with Gasteiger partial charge in [-0.15, -0.1) is 0 Å². The lowest BCUT2D eigenvalue weighted by atomic mass is 10.4. The maximum absolute atomic E-state index is 12.3. The molecule has 0 saturated carbocycles. The first-order valence-electron chi connectivity index (χ1n) is 2.81. The summed E-state index contributed by atoms with van der Waals surface area (Å²) in [7, 11) is 0. The molecular weight excluding hydrogens is 149 g/mol. The highest BCUT2D eigenvalue weighted by Gasteiger charge is 2.03. The second kappa shape index (κ2) is 2.53. The topological polar surface area (TPSA) is 71.8 Å². The summed E-state index contributed by atoms with van der Waals surface area (Å²) in [6.07, 6.45) is 0.856. The molecule has 0 amide bonds. The molecule has 58 valence electrons. The molecule has 1 aromatic rings. The number of nitrogens with zero attached hydrogens (tertiary/aromatic N) is 1. The Hall–Kier alpha value is -1.65. The molecule has 0 unspecified atom stereocenters. The van der Waals surface area contributed by atoms with Crippen LogP contribution in [0.1, 0.15) is 5.69 Å². The van der Waals surface area contributed by atoms with Crippen LogP contribution in [-0.2, 0) is 0 Å². The molecule has 3 N–H and O–H groups in total. The molecule has 0 radical (unpaired) electrons. The molecule has 0 fully saturated rings. The van der Waals surface area contributed by atoms with Gasteiger partial charge >= 0.3 is 0 Å². The van der Waals surface area contributed by atoms with Gasteiger partial charge in [-0.25, -0.2) is 4.98 Å². The van der Waals surface area contributed by atoms with E-state index in [2.05, 4.69) is 16.5 Å². The van der Waals surface area contributed by atoms with Gasteiger partial charge in [0.15, 0.2) is 5.69 Å². The standard InChI is InChI=1S/C6H6FN3O/c1-3(8)5-6(11)9-2-4(7)10-5/h2H,1,8H2,(H,9,11). The van der Waals surface area contributed by atoms with E-state index in [1.807, 2.05) is 0 Å². The quantitative estimate of drug-likeness (QED) is 0.591. The van der Waals surface area contributed by atoms with Gasteiger partial charge < -0.3 is 10.7 Å². The molecule has 5 heteroatoms. The Balaban J connectivity index is 3.35. The minimum absolute atomic E-state index is 0.0502. The second-order valence-corrected chi connectivity index (χ2v) is 1.93. The molecule has 0 aliphatic heterocycles. The van der Waals surface area contributed by atoms with Crippen LogP contribution in [0.15, 0.2) is 17.6 Å². The monoisotopic (exact) mass is 155 g/mol. The smallest absolute Gasteiger partial charge is 0.276 e. The molecule has 0 aromatic carbocycles. The van der Waals surface area contributed by atoms with Gasteiger partial charge in [-0.3, -0.25) is 4.79 Å². The van der Waals surface area contributed by atoms with Crippen molar-refractivity contribution in [3.05, 3.63) is 34.8 Å². The summed E-state index contributed by atoms with van der Waals surface area (Å²) in [5, 5.41) is 0. The van der Waals surface area contributed by atoms with E-state index in [0.717, 1.165) is 6.20 Å². The van der Waals surface area contributed by atoms with E-state index in [-0.39, 0.29) is 11.4 Å². The normalized spacial score (nSPS) is 9.55. The van der Waals surface area contributed by atoms with E-state index >= 15 is 0 Å². The Kier molecular flexibility index (Phi) is 1.72. The molecule has 0 atom stereocenters. The fraction of sp³-hybridized carbons (Fsp3) is 0. The van der Waals surface area contributed by atoms with Crippen LogP contribution in [0, 0.1) is 5.95 Å². The van der Waals surface area contributed by atoms with Crippen molar-refractivity contribution >= 4 is 5.70 Å². The van der Waals surface area contributed by atoms with Crippen molar-refractivity contribution in [3.63, 3.8) is 0 Å². The number of rotatable bonds is 1. The van der Waals surface area contributed by atoms with Crippen LogP contribution >= 0.6 is 0 Å². The Morgan fingerprint density at radius 1 is 1.82 bits per heavy atom. The fourth-order valence-corrected chi connectivity index (χ4v) is 0.601. The van der Waals surface area contributed by atoms with Crippen molar-refractivity contribution in [2.45, 2.75) is 0 Å². The third-order valence-electron chi connectivity index (χ3n) is 1.06. The number of aromatic amines is 1. The van der Waals surface area contributed by atoms with Gasteiger partial charge in [0.1, 0.15) is 0 Å². The lowest BCUT2D eigenvalue weighted by molar-refractivity contribution is 0.572. The fourth-order valence-electron chi connectivity index (χ4n) is 0.601. The largest absolute Gasteiger partial charge is 0.397 e. The van der Waals surface area contributed by atoms with Crippen molar-refractivity contribution in [1.29, 1.82) is 0 Å². The van der Waals surface area contributed by atoms with E-state index < -0.39 is 11.5 Å². The summed E-state index contributed by atoms with van der Waals surface area (Å²) >= 11 is 0. The highest BCUT2D eigenvalue weighted by Crippen LogP contribution is 1.94. The number of hydrogen-bond acceptors (Lipinski definition) is 3. The zero-order valence-corrected chi connectivity index (χ0v) is 5.60. The predicted molar refractivity (Wildman–Crippen MR) is 38.0 cm³/mol. The Morgan fingerprint density at radius 3 is 2.91 bits per heavy atom. The molecule has 0 bridgehead atoms. The van der Waals surface area contributed by atoms with Crippen molar-refractivity contribution < 1.29 is 4.39 Å². The average Bonchev–Trinajstić information content (AvgIpc) is 1.94. The summed E-state index contributed by atoms with van der Waals surface area (Å²) < 4.78 is 12.3. The number of halogens is 1. The molecule has 1 aromatic heterocycles. The van der Waals surface area contributed by atoms with E-state index in [1.54, 1.807) is 0 Å². The van der Waals surface area contributed by atoms with Crippen molar-refractivity contribution in [3.8, 4) is 0 Å². The lowest BCUT2D eigenvalue weighted by Gasteiger charge is -1.95. The van der Waals surface area contributed by atoms with Gasteiger partial charge in [0, 0.05) is 0 Å². The number of nitrogens with two attached hydrogens (primary N) is 1. The molecule has 0 aliphatic carbocycles. The van der Waals surface area contributed by atoms with Crippen LogP contribution in [0.2, 0.25) is 0 Å². The van der Waals surface area contributed by atoms with Gasteiger partial charge in [0.25, 0.3) is 5.56 Å². The first-order valence-corrected chi connectivity index (χ1v) is 2.81. The van der Waals surface area contributed by atoms with Gasteiger partial charge in [-0.05, 0) is 0 Å². The van der Waals surface area contributed by atoms with E-state index in [9.17, 15) is 9.18 Å². The molecule has 1 rings (SSSR count). The maximum Gasteiger partial charge on any atom is 0.276 e. The second-order valence-electron chi connectivity index (χ2n) is 1.93. The average molecular weight is 155 g/mol. The van der Waals surface area contributed by atoms with Crippen molar-refractivity contribution in [1.82, 2.24) is 9.97 Å².